The van der Waals surface area contributed by atoms with E-state index in [9.17, 15) is 14.7 Å². The van der Waals surface area contributed by atoms with Gasteiger partial charge in [0.2, 0.25) is 0 Å². The molecule has 0 aromatic carbocycles. The molecule has 0 aromatic heterocycles. The topological polar surface area (TPSA) is 54.4 Å². The maximum atomic E-state index is 11.7. The van der Waals surface area contributed by atoms with Crippen molar-refractivity contribution < 1.29 is 14.7 Å². The molecule has 0 amide bonds. The average molecular weight is 248 g/mol. The average Bonchev–Trinajstić information content (AvgIpc) is 2.19. The Bertz CT molecular complexity index is 454. The van der Waals surface area contributed by atoms with Gasteiger partial charge in [0, 0.05) is 5.57 Å². The number of rotatable bonds is 3. The molecule has 98 valence electrons. The molecule has 0 spiro atoms. The molecule has 3 nitrogen and oxygen atoms in total. The van der Waals surface area contributed by atoms with Crippen LogP contribution < -0.4 is 0 Å². The maximum Gasteiger partial charge on any atom is 0.313 e. The number of aliphatic carboxylic acids is 1. The van der Waals surface area contributed by atoms with Crippen molar-refractivity contribution in [3.8, 4) is 0 Å². The highest BCUT2D eigenvalue weighted by atomic mass is 16.4. The van der Waals surface area contributed by atoms with Gasteiger partial charge in [0.25, 0.3) is 0 Å². The highest BCUT2D eigenvalue weighted by molar-refractivity contribution is 5.99. The minimum atomic E-state index is -0.885. The molecule has 0 radical (unpaired) electrons. The Kier molecular flexibility index (Phi) is 3.18. The van der Waals surface area contributed by atoms with Crippen molar-refractivity contribution in [2.24, 2.45) is 17.3 Å². The normalized spacial score (nSPS) is 32.3. The number of hydrogen-bond acceptors (Lipinski definition) is 2. The summed E-state index contributed by atoms with van der Waals surface area (Å²) in [7, 11) is 0. The Balaban J connectivity index is 2.44. The number of carbonyl (C=O) groups excluding carboxylic acids is 1. The molecule has 1 saturated carbocycles. The van der Waals surface area contributed by atoms with Crippen molar-refractivity contribution in [3.05, 3.63) is 23.3 Å². The van der Waals surface area contributed by atoms with Crippen LogP contribution in [0.2, 0.25) is 0 Å². The van der Waals surface area contributed by atoms with Crippen LogP contribution in [0.5, 0.6) is 0 Å². The van der Waals surface area contributed by atoms with Crippen LogP contribution in [0, 0.1) is 17.3 Å². The Morgan fingerprint density at radius 2 is 2.00 bits per heavy atom. The largest absolute Gasteiger partial charge is 0.481 e. The summed E-state index contributed by atoms with van der Waals surface area (Å²) in [6.07, 6.45) is 7.00. The van der Waals surface area contributed by atoms with E-state index in [1.807, 2.05) is 19.1 Å². The van der Waals surface area contributed by atoms with E-state index in [4.69, 9.17) is 0 Å². The second-order valence-electron chi connectivity index (χ2n) is 5.74. The summed E-state index contributed by atoms with van der Waals surface area (Å²) in [6, 6.07) is 0. The summed E-state index contributed by atoms with van der Waals surface area (Å²) >= 11 is 0. The molecule has 1 N–H and O–H groups in total. The molecule has 2 atom stereocenters. The van der Waals surface area contributed by atoms with Crippen LogP contribution in [0.3, 0.4) is 0 Å². The van der Waals surface area contributed by atoms with Crippen LogP contribution in [0.1, 0.15) is 40.0 Å². The minimum absolute atomic E-state index is 0.0486. The predicted molar refractivity (Wildman–Crippen MR) is 69.1 cm³/mol. The minimum Gasteiger partial charge on any atom is -0.481 e. The molecule has 0 heterocycles. The summed E-state index contributed by atoms with van der Waals surface area (Å²) in [4.78, 5) is 23.2. The second kappa shape index (κ2) is 4.38. The van der Waals surface area contributed by atoms with E-state index in [-0.39, 0.29) is 11.7 Å². The van der Waals surface area contributed by atoms with Gasteiger partial charge in [-0.05, 0) is 44.1 Å². The smallest absolute Gasteiger partial charge is 0.313 e. The van der Waals surface area contributed by atoms with Crippen molar-refractivity contribution in [2.75, 3.05) is 0 Å². The fourth-order valence-corrected chi connectivity index (χ4v) is 2.69. The van der Waals surface area contributed by atoms with Crippen LogP contribution in [-0.4, -0.2) is 16.9 Å². The Labute approximate surface area is 108 Å². The summed E-state index contributed by atoms with van der Waals surface area (Å²) in [6.45, 7) is 5.17. The number of Topliss-reactive ketones (excluding diaryl/α,β-unsaturated/α-hetero) is 1. The fraction of sp³-hybridized carbons (Fsp3) is 0.600. The van der Waals surface area contributed by atoms with Gasteiger partial charge in [0.1, 0.15) is 0 Å². The molecule has 2 aliphatic rings. The van der Waals surface area contributed by atoms with Crippen molar-refractivity contribution >= 4 is 11.8 Å². The lowest BCUT2D eigenvalue weighted by molar-refractivity contribution is -0.147. The zero-order chi connectivity index (χ0) is 13.5. The molecule has 18 heavy (non-hydrogen) atoms. The Morgan fingerprint density at radius 3 is 2.39 bits per heavy atom. The summed E-state index contributed by atoms with van der Waals surface area (Å²) in [5.41, 5.74) is 0.826. The van der Waals surface area contributed by atoms with Gasteiger partial charge in [-0.15, -0.1) is 0 Å². The SMILES string of the molecule is CC(=O)C1=CC(C)C(C)(C(=O)O)C=C1C1CCC1. The van der Waals surface area contributed by atoms with Gasteiger partial charge in [-0.1, -0.05) is 25.5 Å². The summed E-state index contributed by atoms with van der Waals surface area (Å²) < 4.78 is 0. The van der Waals surface area contributed by atoms with Gasteiger partial charge >= 0.3 is 5.97 Å². The Hall–Kier alpha value is -1.38. The third kappa shape index (κ3) is 1.92. The van der Waals surface area contributed by atoms with Crippen LogP contribution in [0.25, 0.3) is 0 Å². The highest BCUT2D eigenvalue weighted by Gasteiger charge is 2.42. The predicted octanol–water partition coefficient (Wildman–Crippen LogP) is 2.97. The summed E-state index contributed by atoms with van der Waals surface area (Å²) in [5.74, 6) is -0.540. The summed E-state index contributed by atoms with van der Waals surface area (Å²) in [5, 5.41) is 9.42. The maximum absolute atomic E-state index is 11.7. The highest BCUT2D eigenvalue weighted by Crippen LogP contribution is 2.45. The van der Waals surface area contributed by atoms with Gasteiger partial charge in [0.05, 0.1) is 5.41 Å². The first-order chi connectivity index (χ1) is 8.36. The quantitative estimate of drug-likeness (QED) is 0.835. The van der Waals surface area contributed by atoms with E-state index in [0.717, 1.165) is 24.0 Å². The molecule has 1 fully saturated rings. The Morgan fingerprint density at radius 1 is 1.39 bits per heavy atom. The van der Waals surface area contributed by atoms with E-state index >= 15 is 0 Å². The van der Waals surface area contributed by atoms with Gasteiger partial charge in [-0.2, -0.15) is 0 Å². The number of hydrogen-bond donors (Lipinski definition) is 1. The monoisotopic (exact) mass is 248 g/mol. The lowest BCUT2D eigenvalue weighted by Crippen LogP contribution is -2.36. The van der Waals surface area contributed by atoms with Crippen molar-refractivity contribution in [1.29, 1.82) is 0 Å². The third-order valence-electron chi connectivity index (χ3n) is 4.51. The second-order valence-corrected chi connectivity index (χ2v) is 5.74. The number of carboxylic acids is 1. The molecular formula is C15H20O3. The van der Waals surface area contributed by atoms with E-state index < -0.39 is 11.4 Å². The van der Waals surface area contributed by atoms with E-state index in [2.05, 4.69) is 0 Å². The molecule has 2 unspecified atom stereocenters. The number of carbonyl (C=O) groups is 2. The van der Waals surface area contributed by atoms with Gasteiger partial charge < -0.3 is 5.11 Å². The molecule has 0 aliphatic heterocycles. The van der Waals surface area contributed by atoms with E-state index in [0.29, 0.717) is 5.92 Å². The van der Waals surface area contributed by atoms with Crippen molar-refractivity contribution in [2.45, 2.75) is 40.0 Å². The van der Waals surface area contributed by atoms with Gasteiger partial charge in [-0.25, -0.2) is 0 Å². The fourth-order valence-electron chi connectivity index (χ4n) is 2.69. The number of carboxylic acid groups (broad SMARTS) is 1. The van der Waals surface area contributed by atoms with Crippen LogP contribution in [0.15, 0.2) is 23.3 Å². The first kappa shape index (κ1) is 13.1. The zero-order valence-corrected chi connectivity index (χ0v) is 11.2. The van der Waals surface area contributed by atoms with E-state index in [1.165, 1.54) is 6.42 Å². The zero-order valence-electron chi connectivity index (χ0n) is 11.2. The third-order valence-corrected chi connectivity index (χ3v) is 4.51. The molecule has 2 aliphatic carbocycles. The molecule has 0 aromatic rings. The number of allylic oxidation sites excluding steroid dienone is 3. The first-order valence-electron chi connectivity index (χ1n) is 6.55. The van der Waals surface area contributed by atoms with E-state index in [1.54, 1.807) is 13.8 Å². The molecule has 0 saturated heterocycles. The molecule has 3 heteroatoms. The molecule has 0 bridgehead atoms. The van der Waals surface area contributed by atoms with Crippen LogP contribution in [-0.2, 0) is 9.59 Å². The van der Waals surface area contributed by atoms with Crippen molar-refractivity contribution in [3.63, 3.8) is 0 Å². The standard InChI is InChI=1S/C15H20O3/c1-9-7-12(10(2)16)13(11-5-4-6-11)8-15(9,3)14(17)18/h7-9,11H,4-6H2,1-3H3,(H,17,18). The first-order valence-corrected chi connectivity index (χ1v) is 6.55. The van der Waals surface area contributed by atoms with Gasteiger partial charge in [-0.3, -0.25) is 9.59 Å². The van der Waals surface area contributed by atoms with Crippen LogP contribution >= 0.6 is 0 Å². The number of ketones is 1. The van der Waals surface area contributed by atoms with Crippen LogP contribution in [0.4, 0.5) is 0 Å². The lowest BCUT2D eigenvalue weighted by atomic mass is 9.66. The molecular weight excluding hydrogens is 228 g/mol. The van der Waals surface area contributed by atoms with Crippen molar-refractivity contribution in [1.82, 2.24) is 0 Å². The van der Waals surface area contributed by atoms with Gasteiger partial charge in [0.15, 0.2) is 5.78 Å². The molecule has 2 rings (SSSR count). The lowest BCUT2D eigenvalue weighted by Gasteiger charge is -2.37.